The maximum Gasteiger partial charge on any atom is 0.261 e. The minimum absolute atomic E-state index is 0.0864. The summed E-state index contributed by atoms with van der Waals surface area (Å²) in [5, 5.41) is 6.40. The molecule has 0 bridgehead atoms. The summed E-state index contributed by atoms with van der Waals surface area (Å²) in [6.45, 7) is 0. The Morgan fingerprint density at radius 1 is 1.11 bits per heavy atom. The topological polar surface area (TPSA) is 101 Å². The minimum atomic E-state index is -3.79. The van der Waals surface area contributed by atoms with Gasteiger partial charge in [0, 0.05) is 34.4 Å². The van der Waals surface area contributed by atoms with E-state index in [1.165, 1.54) is 23.9 Å². The Bertz CT molecular complexity index is 1080. The Morgan fingerprint density at radius 3 is 2.67 bits per heavy atom. The Balaban J connectivity index is 1.58. The van der Waals surface area contributed by atoms with Crippen LogP contribution in [0.1, 0.15) is 6.42 Å². The van der Waals surface area contributed by atoms with E-state index in [4.69, 9.17) is 4.52 Å². The molecule has 138 valence electrons. The van der Waals surface area contributed by atoms with Gasteiger partial charge in [-0.05, 0) is 42.5 Å². The summed E-state index contributed by atoms with van der Waals surface area (Å²) in [5.41, 5.74) is 1.73. The molecule has 7 nitrogen and oxygen atoms in total. The SMILES string of the molecule is O=C1CCSc2ccc(S(=O)(=O)Nc3ccc(-c4ccno4)cc3)cc2N1. The predicted octanol–water partition coefficient (Wildman–Crippen LogP) is 3.58. The molecule has 9 heteroatoms. The Morgan fingerprint density at radius 2 is 1.93 bits per heavy atom. The van der Waals surface area contributed by atoms with Crippen LogP contribution < -0.4 is 10.0 Å². The van der Waals surface area contributed by atoms with Crippen molar-refractivity contribution in [2.24, 2.45) is 0 Å². The van der Waals surface area contributed by atoms with Gasteiger partial charge in [0.2, 0.25) is 5.91 Å². The van der Waals surface area contributed by atoms with Gasteiger partial charge in [0.1, 0.15) is 0 Å². The molecule has 3 aromatic rings. The van der Waals surface area contributed by atoms with Gasteiger partial charge in [-0.1, -0.05) is 5.16 Å². The number of carbonyl (C=O) groups is 1. The number of nitrogens with zero attached hydrogens (tertiary/aromatic N) is 1. The highest BCUT2D eigenvalue weighted by atomic mass is 32.2. The zero-order valence-electron chi connectivity index (χ0n) is 14.0. The summed E-state index contributed by atoms with van der Waals surface area (Å²) in [5.74, 6) is 1.15. The van der Waals surface area contributed by atoms with E-state index in [0.717, 1.165) is 10.5 Å². The van der Waals surface area contributed by atoms with Crippen LogP contribution in [-0.2, 0) is 14.8 Å². The fourth-order valence-electron chi connectivity index (χ4n) is 2.65. The Hall–Kier alpha value is -2.78. The van der Waals surface area contributed by atoms with E-state index in [9.17, 15) is 13.2 Å². The average molecular weight is 401 g/mol. The van der Waals surface area contributed by atoms with Gasteiger partial charge in [-0.2, -0.15) is 0 Å². The van der Waals surface area contributed by atoms with E-state index in [-0.39, 0.29) is 10.8 Å². The van der Waals surface area contributed by atoms with E-state index < -0.39 is 10.0 Å². The van der Waals surface area contributed by atoms with E-state index in [1.54, 1.807) is 42.6 Å². The fraction of sp³-hybridized carbons (Fsp3) is 0.111. The third kappa shape index (κ3) is 3.83. The first-order valence-electron chi connectivity index (χ1n) is 8.12. The number of hydrogen-bond acceptors (Lipinski definition) is 6. The number of rotatable bonds is 4. The van der Waals surface area contributed by atoms with Gasteiger partial charge in [0.25, 0.3) is 10.0 Å². The summed E-state index contributed by atoms with van der Waals surface area (Å²) in [7, 11) is -3.79. The lowest BCUT2D eigenvalue weighted by atomic mass is 10.1. The highest BCUT2D eigenvalue weighted by Gasteiger charge is 2.19. The molecule has 1 aliphatic rings. The van der Waals surface area contributed by atoms with Crippen LogP contribution in [0.25, 0.3) is 11.3 Å². The Labute approximate surface area is 160 Å². The average Bonchev–Trinajstić information content (AvgIpc) is 3.11. The van der Waals surface area contributed by atoms with Crippen LogP contribution in [0, 0.1) is 0 Å². The summed E-state index contributed by atoms with van der Waals surface area (Å²) in [4.78, 5) is 12.7. The number of hydrogen-bond donors (Lipinski definition) is 2. The lowest BCUT2D eigenvalue weighted by Crippen LogP contribution is -2.14. The molecule has 0 saturated carbocycles. The van der Waals surface area contributed by atoms with Crippen molar-refractivity contribution in [2.75, 3.05) is 15.8 Å². The van der Waals surface area contributed by atoms with Gasteiger partial charge in [0.05, 0.1) is 16.8 Å². The molecular formula is C18H15N3O4S2. The first-order valence-corrected chi connectivity index (χ1v) is 10.6. The fourth-order valence-corrected chi connectivity index (χ4v) is 4.67. The zero-order valence-corrected chi connectivity index (χ0v) is 15.6. The van der Waals surface area contributed by atoms with Crippen LogP contribution in [0.15, 0.2) is 69.0 Å². The van der Waals surface area contributed by atoms with Crippen molar-refractivity contribution in [3.8, 4) is 11.3 Å². The number of amides is 1. The molecule has 0 aliphatic carbocycles. The first kappa shape index (κ1) is 17.6. The van der Waals surface area contributed by atoms with Crippen molar-refractivity contribution in [3.63, 3.8) is 0 Å². The van der Waals surface area contributed by atoms with Crippen molar-refractivity contribution < 1.29 is 17.7 Å². The number of anilines is 2. The quantitative estimate of drug-likeness (QED) is 0.693. The zero-order chi connectivity index (χ0) is 18.9. The molecule has 4 rings (SSSR count). The van der Waals surface area contributed by atoms with Crippen molar-refractivity contribution in [2.45, 2.75) is 16.2 Å². The number of nitrogens with one attached hydrogen (secondary N) is 2. The number of fused-ring (bicyclic) bond motifs is 1. The molecule has 1 aromatic heterocycles. The normalized spacial score (nSPS) is 14.1. The molecule has 0 saturated heterocycles. The van der Waals surface area contributed by atoms with Gasteiger partial charge in [-0.15, -0.1) is 11.8 Å². The second-order valence-corrected chi connectivity index (χ2v) is 8.68. The molecule has 0 fully saturated rings. The third-order valence-electron chi connectivity index (χ3n) is 3.98. The van der Waals surface area contributed by atoms with Crippen LogP contribution in [0.3, 0.4) is 0 Å². The van der Waals surface area contributed by atoms with Crippen LogP contribution in [-0.4, -0.2) is 25.2 Å². The Kier molecular flexibility index (Phi) is 4.63. The summed E-state index contributed by atoms with van der Waals surface area (Å²) >= 11 is 1.52. The van der Waals surface area contributed by atoms with Crippen LogP contribution in [0.2, 0.25) is 0 Å². The first-order chi connectivity index (χ1) is 13.0. The smallest absolute Gasteiger partial charge is 0.261 e. The molecule has 0 spiro atoms. The van der Waals surface area contributed by atoms with E-state index in [0.29, 0.717) is 29.3 Å². The second-order valence-electron chi connectivity index (χ2n) is 5.86. The highest BCUT2D eigenvalue weighted by molar-refractivity contribution is 7.99. The third-order valence-corrected chi connectivity index (χ3v) is 6.44. The lowest BCUT2D eigenvalue weighted by molar-refractivity contribution is -0.115. The number of benzene rings is 2. The second kappa shape index (κ2) is 7.09. The summed E-state index contributed by atoms with van der Waals surface area (Å²) < 4.78 is 33.0. The highest BCUT2D eigenvalue weighted by Crippen LogP contribution is 2.33. The molecular weight excluding hydrogens is 386 g/mol. The molecule has 0 unspecified atom stereocenters. The maximum atomic E-state index is 12.7. The number of sulfonamides is 1. The standard InChI is InChI=1S/C18H15N3O4S2/c22-18-8-10-26-17-6-5-14(11-15(17)20-18)27(23,24)21-13-3-1-12(2-4-13)16-7-9-19-25-16/h1-7,9,11,21H,8,10H2,(H,20,22). The monoisotopic (exact) mass is 401 g/mol. The van der Waals surface area contributed by atoms with Crippen LogP contribution >= 0.6 is 11.8 Å². The molecule has 2 N–H and O–H groups in total. The van der Waals surface area contributed by atoms with E-state index in [1.807, 2.05) is 0 Å². The molecule has 0 atom stereocenters. The van der Waals surface area contributed by atoms with Crippen molar-refractivity contribution in [3.05, 3.63) is 54.7 Å². The summed E-state index contributed by atoms with van der Waals surface area (Å²) in [6, 6.07) is 13.2. The van der Waals surface area contributed by atoms with Crippen molar-refractivity contribution in [1.82, 2.24) is 5.16 Å². The van der Waals surface area contributed by atoms with Gasteiger partial charge in [-0.3, -0.25) is 9.52 Å². The summed E-state index contributed by atoms with van der Waals surface area (Å²) in [6.07, 6.45) is 1.94. The lowest BCUT2D eigenvalue weighted by Gasteiger charge is -2.11. The van der Waals surface area contributed by atoms with E-state index in [2.05, 4.69) is 15.2 Å². The predicted molar refractivity (Wildman–Crippen MR) is 103 cm³/mol. The molecule has 2 heterocycles. The van der Waals surface area contributed by atoms with Gasteiger partial charge in [-0.25, -0.2) is 8.42 Å². The van der Waals surface area contributed by atoms with Gasteiger partial charge in [0.15, 0.2) is 5.76 Å². The van der Waals surface area contributed by atoms with Crippen molar-refractivity contribution >= 4 is 39.1 Å². The largest absolute Gasteiger partial charge is 0.356 e. The molecule has 27 heavy (non-hydrogen) atoms. The molecule has 1 amide bonds. The number of thioether (sulfide) groups is 1. The number of carbonyl (C=O) groups excluding carboxylic acids is 1. The maximum absolute atomic E-state index is 12.7. The van der Waals surface area contributed by atoms with Crippen molar-refractivity contribution in [1.29, 1.82) is 0 Å². The van der Waals surface area contributed by atoms with Crippen LogP contribution in [0.4, 0.5) is 11.4 Å². The van der Waals surface area contributed by atoms with Gasteiger partial charge < -0.3 is 9.84 Å². The van der Waals surface area contributed by atoms with Gasteiger partial charge >= 0.3 is 0 Å². The molecule has 2 aromatic carbocycles. The minimum Gasteiger partial charge on any atom is -0.356 e. The van der Waals surface area contributed by atoms with Crippen LogP contribution in [0.5, 0.6) is 0 Å². The molecule has 1 aliphatic heterocycles. The molecule has 0 radical (unpaired) electrons. The van der Waals surface area contributed by atoms with E-state index >= 15 is 0 Å². The number of aromatic nitrogens is 1.